The summed E-state index contributed by atoms with van der Waals surface area (Å²) < 4.78 is 0. The van der Waals surface area contributed by atoms with Gasteiger partial charge in [0.05, 0.1) is 0 Å². The topological polar surface area (TPSA) is 0 Å². The fourth-order valence-corrected chi connectivity index (χ4v) is 0. The molecule has 5 heavy (non-hydrogen) atoms. The smallest absolute Gasteiger partial charge is 3.00 e. The van der Waals surface area contributed by atoms with Crippen LogP contribution in [0.5, 0.6) is 0 Å². The van der Waals surface area contributed by atoms with Crippen molar-refractivity contribution in [2.45, 2.75) is 0 Å². The van der Waals surface area contributed by atoms with Gasteiger partial charge in [-0.25, -0.2) is 0 Å². The minimum Gasteiger partial charge on any atom is 3.00 e. The summed E-state index contributed by atoms with van der Waals surface area (Å²) in [7, 11) is 14.8. The summed E-state index contributed by atoms with van der Waals surface area (Å²) in [6, 6.07) is 0. The van der Waals surface area contributed by atoms with E-state index in [2.05, 4.69) is 0 Å². The molecule has 0 nitrogen and oxygen atoms in total. The molecule has 0 aromatic heterocycles. The van der Waals surface area contributed by atoms with Crippen LogP contribution in [0.2, 0.25) is 0 Å². The largest absolute Gasteiger partial charge is 3.00 e. The third kappa shape index (κ3) is 24.5. The maximum atomic E-state index is 4.93. The average molecular weight is 210 g/mol. The van der Waals surface area contributed by atoms with Gasteiger partial charge in [0.25, 0.3) is 0 Å². The fraction of sp³-hybridized carbons (Fsp3) is 0. The Bertz CT molecular complexity index is 9.61. The third-order valence-corrected chi connectivity index (χ3v) is 0. The molecule has 0 fully saturated rings. The van der Waals surface area contributed by atoms with Crippen molar-refractivity contribution in [1.82, 2.24) is 0 Å². The molecule has 0 aliphatic carbocycles. The summed E-state index contributed by atoms with van der Waals surface area (Å²) >= 11 is -1.62. The Morgan fingerprint density at radius 2 is 1.00 bits per heavy atom. The van der Waals surface area contributed by atoms with E-state index in [1.807, 2.05) is 0 Å². The molecule has 0 amide bonds. The quantitative estimate of drug-likeness (QED) is 0.574. The minimum absolute atomic E-state index is 0. The monoisotopic (exact) mass is 209 g/mol. The molecule has 0 rings (SSSR count). The van der Waals surface area contributed by atoms with Crippen LogP contribution in [0.15, 0.2) is 0 Å². The summed E-state index contributed by atoms with van der Waals surface area (Å²) in [6.45, 7) is 0. The van der Waals surface area contributed by atoms with E-state index in [1.54, 1.807) is 0 Å². The Balaban J connectivity index is 0. The molecule has 5 heteroatoms. The van der Waals surface area contributed by atoms with Gasteiger partial charge in [-0.3, -0.25) is 0 Å². The van der Waals surface area contributed by atoms with Crippen molar-refractivity contribution in [2.75, 3.05) is 0 Å². The van der Waals surface area contributed by atoms with E-state index in [0.717, 1.165) is 0 Å². The van der Waals surface area contributed by atoms with Gasteiger partial charge in [0, 0.05) is 0 Å². The molecule has 1 radical (unpaired) electrons. The van der Waals surface area contributed by atoms with Gasteiger partial charge in [-0.2, -0.15) is 0 Å². The molecule has 0 bridgehead atoms. The molecular formula is Cl3Cr2+3. The maximum absolute atomic E-state index is 4.93. The zero-order valence-electron chi connectivity index (χ0n) is 1.95. The molecular weight excluding hydrogens is 210 g/mol. The first-order valence-corrected chi connectivity index (χ1v) is 5.73. The first kappa shape index (κ1) is 10.0. The second-order valence-corrected chi connectivity index (χ2v) is 6.49. The molecule has 0 unspecified atom stereocenters. The van der Waals surface area contributed by atoms with Crippen molar-refractivity contribution in [2.24, 2.45) is 0 Å². The molecule has 0 heterocycles. The van der Waals surface area contributed by atoms with Gasteiger partial charge < -0.3 is 0 Å². The van der Waals surface area contributed by atoms with Crippen molar-refractivity contribution < 1.29 is 28.7 Å². The predicted molar refractivity (Wildman–Crippen MR) is 17.6 cm³/mol. The van der Waals surface area contributed by atoms with E-state index in [4.69, 9.17) is 30.1 Å². The molecule has 0 saturated carbocycles. The molecule has 30 valence electrons. The van der Waals surface area contributed by atoms with Crippen molar-refractivity contribution in [3.8, 4) is 0 Å². The van der Waals surface area contributed by atoms with Gasteiger partial charge >= 0.3 is 58.9 Å². The number of rotatable bonds is 0. The Morgan fingerprint density at radius 1 is 1.00 bits per heavy atom. The molecule has 0 aliphatic heterocycles. The van der Waals surface area contributed by atoms with Gasteiger partial charge in [0.15, 0.2) is 0 Å². The van der Waals surface area contributed by atoms with Crippen LogP contribution in [0.4, 0.5) is 0 Å². The maximum Gasteiger partial charge on any atom is 3.00 e. The molecule has 0 N–H and O–H groups in total. The fourth-order valence-electron chi connectivity index (χ4n) is 0. The Morgan fingerprint density at radius 3 is 1.00 bits per heavy atom. The van der Waals surface area contributed by atoms with Gasteiger partial charge in [-0.15, -0.1) is 0 Å². The summed E-state index contributed by atoms with van der Waals surface area (Å²) in [4.78, 5) is 0. The van der Waals surface area contributed by atoms with Crippen LogP contribution >= 0.6 is 30.1 Å². The first-order chi connectivity index (χ1) is 1.73. The van der Waals surface area contributed by atoms with Crippen molar-refractivity contribution in [3.63, 3.8) is 0 Å². The van der Waals surface area contributed by atoms with Crippen LogP contribution in [0.25, 0.3) is 0 Å². The van der Waals surface area contributed by atoms with E-state index < -0.39 is 11.4 Å². The van der Waals surface area contributed by atoms with Crippen LogP contribution in [0, 0.1) is 0 Å². The second kappa shape index (κ2) is 5.93. The Hall–Kier alpha value is 1.93. The molecule has 0 aromatic carbocycles. The minimum atomic E-state index is -1.62. The number of halogens is 3. The van der Waals surface area contributed by atoms with Gasteiger partial charge in [0.2, 0.25) is 0 Å². The van der Waals surface area contributed by atoms with Crippen LogP contribution in [-0.2, 0) is 28.7 Å². The molecule has 0 aliphatic rings. The van der Waals surface area contributed by atoms with E-state index >= 15 is 0 Å². The van der Waals surface area contributed by atoms with Gasteiger partial charge in [-0.1, -0.05) is 0 Å². The standard InChI is InChI=1S/3ClH.2Cr/h3*1H;;/q;;;2*+3/p-3. The molecule has 0 atom stereocenters. The normalized spacial score (nSPS) is 7.20. The zero-order valence-corrected chi connectivity index (χ0v) is 6.77. The van der Waals surface area contributed by atoms with Gasteiger partial charge in [0.1, 0.15) is 0 Å². The summed E-state index contributed by atoms with van der Waals surface area (Å²) in [5.74, 6) is 0. The van der Waals surface area contributed by atoms with Gasteiger partial charge in [-0.05, 0) is 0 Å². The van der Waals surface area contributed by atoms with Crippen molar-refractivity contribution >= 4 is 30.1 Å². The molecule has 0 saturated heterocycles. The number of hydrogen-bond donors (Lipinski definition) is 0. The Labute approximate surface area is 58.5 Å². The Kier molecular flexibility index (Phi) is 11.9. The first-order valence-electron chi connectivity index (χ1n) is 0.463. The summed E-state index contributed by atoms with van der Waals surface area (Å²) in [5.41, 5.74) is 0. The average Bonchev–Trinajstić information content (AvgIpc) is 0.811. The predicted octanol–water partition coefficient (Wildman–Crippen LogP) is 2.06. The SMILES string of the molecule is [Cl][Cr]([Cl])[Cl].[Cr+3]. The van der Waals surface area contributed by atoms with Crippen LogP contribution in [-0.4, -0.2) is 0 Å². The van der Waals surface area contributed by atoms with Crippen LogP contribution in [0.1, 0.15) is 0 Å². The van der Waals surface area contributed by atoms with E-state index in [-0.39, 0.29) is 17.4 Å². The van der Waals surface area contributed by atoms with Crippen molar-refractivity contribution in [3.05, 3.63) is 0 Å². The second-order valence-electron chi connectivity index (χ2n) is 0.175. The molecule has 0 spiro atoms. The summed E-state index contributed by atoms with van der Waals surface area (Å²) in [5, 5.41) is 0. The van der Waals surface area contributed by atoms with E-state index in [1.165, 1.54) is 0 Å². The van der Waals surface area contributed by atoms with E-state index in [0.29, 0.717) is 0 Å². The zero-order chi connectivity index (χ0) is 3.58. The summed E-state index contributed by atoms with van der Waals surface area (Å²) in [6.07, 6.45) is 0. The van der Waals surface area contributed by atoms with E-state index in [9.17, 15) is 0 Å². The van der Waals surface area contributed by atoms with Crippen LogP contribution < -0.4 is 0 Å². The molecule has 0 aromatic rings. The number of hydrogen-bond acceptors (Lipinski definition) is 0. The third-order valence-electron chi connectivity index (χ3n) is 0. The van der Waals surface area contributed by atoms with Crippen LogP contribution in [0.3, 0.4) is 0 Å². The van der Waals surface area contributed by atoms with Crippen molar-refractivity contribution in [1.29, 1.82) is 0 Å².